The van der Waals surface area contributed by atoms with Gasteiger partial charge in [0.2, 0.25) is 0 Å². The number of halogens is 2. The number of hydrogen-bond donors (Lipinski definition) is 2. The van der Waals surface area contributed by atoms with Gasteiger partial charge in [-0.1, -0.05) is 41.9 Å². The molecule has 1 heterocycles. The van der Waals surface area contributed by atoms with Crippen LogP contribution in [0.4, 0.5) is 4.39 Å². The standard InChI is InChI=1S/C25H22ClFN2O/c1-15-3-12-22(27)24-23(15)21(16(2)29-24)13-14-28-25(30)19-6-4-17(5-7-19)18-8-10-20(26)11-9-18/h3-12,29H,13-14H2,1-2H3,(H,28,30). The number of aromatic amines is 1. The fourth-order valence-electron chi connectivity index (χ4n) is 3.81. The van der Waals surface area contributed by atoms with Crippen LogP contribution in [-0.2, 0) is 6.42 Å². The molecule has 3 aromatic carbocycles. The number of carbonyl (C=O) groups is 1. The molecule has 0 spiro atoms. The topological polar surface area (TPSA) is 44.9 Å². The molecule has 3 nitrogen and oxygen atoms in total. The highest BCUT2D eigenvalue weighted by atomic mass is 35.5. The molecular weight excluding hydrogens is 399 g/mol. The summed E-state index contributed by atoms with van der Waals surface area (Å²) in [4.78, 5) is 15.7. The van der Waals surface area contributed by atoms with Crippen molar-refractivity contribution in [1.29, 1.82) is 0 Å². The largest absolute Gasteiger partial charge is 0.356 e. The summed E-state index contributed by atoms with van der Waals surface area (Å²) in [7, 11) is 0. The molecule has 1 aromatic heterocycles. The van der Waals surface area contributed by atoms with Gasteiger partial charge in [0.1, 0.15) is 5.82 Å². The van der Waals surface area contributed by atoms with Crippen LogP contribution in [0.3, 0.4) is 0 Å². The smallest absolute Gasteiger partial charge is 0.251 e. The Balaban J connectivity index is 1.43. The molecule has 0 aliphatic rings. The number of nitrogens with one attached hydrogen (secondary N) is 2. The van der Waals surface area contributed by atoms with Crippen molar-refractivity contribution in [2.75, 3.05) is 6.54 Å². The lowest BCUT2D eigenvalue weighted by molar-refractivity contribution is 0.0954. The number of hydrogen-bond acceptors (Lipinski definition) is 1. The maximum atomic E-state index is 14.1. The Kier molecular flexibility index (Phi) is 5.60. The molecule has 0 atom stereocenters. The van der Waals surface area contributed by atoms with Crippen LogP contribution in [0.2, 0.25) is 5.02 Å². The van der Waals surface area contributed by atoms with Crippen LogP contribution in [-0.4, -0.2) is 17.4 Å². The summed E-state index contributed by atoms with van der Waals surface area (Å²) in [5, 5.41) is 4.57. The maximum Gasteiger partial charge on any atom is 0.251 e. The van der Waals surface area contributed by atoms with Crippen LogP contribution in [0.5, 0.6) is 0 Å². The Morgan fingerprint density at radius 3 is 2.27 bits per heavy atom. The first kappa shape index (κ1) is 20.2. The van der Waals surface area contributed by atoms with E-state index in [0.29, 0.717) is 29.1 Å². The molecule has 4 rings (SSSR count). The molecule has 2 N–H and O–H groups in total. The molecule has 0 radical (unpaired) electrons. The fraction of sp³-hybridized carbons (Fsp3) is 0.160. The summed E-state index contributed by atoms with van der Waals surface area (Å²) >= 11 is 5.94. The minimum absolute atomic E-state index is 0.127. The monoisotopic (exact) mass is 420 g/mol. The minimum atomic E-state index is -0.255. The molecule has 0 saturated carbocycles. The van der Waals surface area contributed by atoms with Crippen molar-refractivity contribution in [3.05, 3.63) is 93.9 Å². The van der Waals surface area contributed by atoms with Crippen molar-refractivity contribution < 1.29 is 9.18 Å². The molecule has 4 aromatic rings. The van der Waals surface area contributed by atoms with E-state index in [1.54, 1.807) is 6.07 Å². The molecule has 0 saturated heterocycles. The van der Waals surface area contributed by atoms with Crippen molar-refractivity contribution >= 4 is 28.4 Å². The first-order valence-electron chi connectivity index (χ1n) is 9.84. The lowest BCUT2D eigenvalue weighted by atomic mass is 10.0. The van der Waals surface area contributed by atoms with Gasteiger partial charge in [-0.2, -0.15) is 0 Å². The molecule has 0 fully saturated rings. The molecule has 152 valence electrons. The van der Waals surface area contributed by atoms with E-state index in [2.05, 4.69) is 10.3 Å². The Labute approximate surface area is 179 Å². The summed E-state index contributed by atoms with van der Waals surface area (Å²) in [6.07, 6.45) is 0.630. The zero-order chi connectivity index (χ0) is 21.3. The molecule has 0 unspecified atom stereocenters. The molecule has 0 aliphatic heterocycles. The van der Waals surface area contributed by atoms with Crippen LogP contribution >= 0.6 is 11.6 Å². The van der Waals surface area contributed by atoms with Crippen LogP contribution in [0.25, 0.3) is 22.0 Å². The van der Waals surface area contributed by atoms with Gasteiger partial charge in [-0.15, -0.1) is 0 Å². The summed E-state index contributed by atoms with van der Waals surface area (Å²) in [5.74, 6) is -0.382. The minimum Gasteiger partial charge on any atom is -0.356 e. The van der Waals surface area contributed by atoms with Crippen molar-refractivity contribution in [2.45, 2.75) is 20.3 Å². The van der Waals surface area contributed by atoms with Crippen molar-refractivity contribution in [2.24, 2.45) is 0 Å². The van der Waals surface area contributed by atoms with Gasteiger partial charge in [0.25, 0.3) is 5.91 Å². The SMILES string of the molecule is Cc1[nH]c2c(F)ccc(C)c2c1CCNC(=O)c1ccc(-c2ccc(Cl)cc2)cc1. The van der Waals surface area contributed by atoms with E-state index in [4.69, 9.17) is 11.6 Å². The number of aryl methyl sites for hydroxylation is 2. The van der Waals surface area contributed by atoms with Gasteiger partial charge in [-0.25, -0.2) is 4.39 Å². The third kappa shape index (κ3) is 3.96. The Morgan fingerprint density at radius 2 is 1.60 bits per heavy atom. The Morgan fingerprint density at radius 1 is 0.967 bits per heavy atom. The number of carbonyl (C=O) groups excluding carboxylic acids is 1. The van der Waals surface area contributed by atoms with Gasteiger partial charge in [0.15, 0.2) is 0 Å². The number of fused-ring (bicyclic) bond motifs is 1. The summed E-state index contributed by atoms with van der Waals surface area (Å²) < 4.78 is 14.1. The molecule has 0 bridgehead atoms. The zero-order valence-electron chi connectivity index (χ0n) is 16.9. The Bertz CT molecular complexity index is 1210. The lowest BCUT2D eigenvalue weighted by Crippen LogP contribution is -2.25. The highest BCUT2D eigenvalue weighted by Gasteiger charge is 2.14. The van der Waals surface area contributed by atoms with Gasteiger partial charge in [0.05, 0.1) is 5.52 Å². The Hall–Kier alpha value is -3.11. The molecule has 30 heavy (non-hydrogen) atoms. The van der Waals surface area contributed by atoms with Gasteiger partial charge in [0, 0.05) is 28.2 Å². The second-order valence-corrected chi connectivity index (χ2v) is 7.87. The highest BCUT2D eigenvalue weighted by Crippen LogP contribution is 2.28. The van der Waals surface area contributed by atoms with Gasteiger partial charge in [-0.05, 0) is 72.9 Å². The van der Waals surface area contributed by atoms with Gasteiger partial charge >= 0.3 is 0 Å². The van der Waals surface area contributed by atoms with E-state index in [1.165, 1.54) is 6.07 Å². The van der Waals surface area contributed by atoms with E-state index in [1.807, 2.05) is 62.4 Å². The number of aromatic nitrogens is 1. The zero-order valence-corrected chi connectivity index (χ0v) is 17.6. The van der Waals surface area contributed by atoms with E-state index in [9.17, 15) is 9.18 Å². The van der Waals surface area contributed by atoms with Gasteiger partial charge < -0.3 is 10.3 Å². The number of amides is 1. The van der Waals surface area contributed by atoms with E-state index < -0.39 is 0 Å². The van der Waals surface area contributed by atoms with Crippen molar-refractivity contribution in [3.8, 4) is 11.1 Å². The average molecular weight is 421 g/mol. The van der Waals surface area contributed by atoms with Crippen LogP contribution < -0.4 is 5.32 Å². The molecule has 1 amide bonds. The highest BCUT2D eigenvalue weighted by molar-refractivity contribution is 6.30. The maximum absolute atomic E-state index is 14.1. The van der Waals surface area contributed by atoms with Gasteiger partial charge in [-0.3, -0.25) is 4.79 Å². The van der Waals surface area contributed by atoms with Crippen molar-refractivity contribution in [3.63, 3.8) is 0 Å². The first-order valence-corrected chi connectivity index (χ1v) is 10.2. The summed E-state index contributed by atoms with van der Waals surface area (Å²) in [5.41, 5.74) is 6.20. The van der Waals surface area contributed by atoms with E-state index in [0.717, 1.165) is 33.3 Å². The second kappa shape index (κ2) is 8.33. The summed E-state index contributed by atoms with van der Waals surface area (Å²) in [6.45, 7) is 4.38. The molecule has 0 aliphatic carbocycles. The third-order valence-corrected chi connectivity index (χ3v) is 5.67. The van der Waals surface area contributed by atoms with Crippen LogP contribution in [0.1, 0.15) is 27.2 Å². The normalized spacial score (nSPS) is 11.1. The quantitative estimate of drug-likeness (QED) is 0.395. The van der Waals surface area contributed by atoms with E-state index >= 15 is 0 Å². The predicted molar refractivity (Wildman–Crippen MR) is 121 cm³/mol. The average Bonchev–Trinajstić information content (AvgIpc) is 3.09. The van der Waals surface area contributed by atoms with Crippen molar-refractivity contribution in [1.82, 2.24) is 10.3 Å². The first-order chi connectivity index (χ1) is 14.4. The lowest BCUT2D eigenvalue weighted by Gasteiger charge is -2.08. The number of rotatable bonds is 5. The second-order valence-electron chi connectivity index (χ2n) is 7.43. The summed E-state index contributed by atoms with van der Waals surface area (Å²) in [6, 6.07) is 18.3. The number of benzene rings is 3. The fourth-order valence-corrected chi connectivity index (χ4v) is 3.94. The molecule has 5 heteroatoms. The van der Waals surface area contributed by atoms with Crippen LogP contribution in [0.15, 0.2) is 60.7 Å². The van der Waals surface area contributed by atoms with E-state index in [-0.39, 0.29) is 11.7 Å². The molecular formula is C25H22ClFN2O. The van der Waals surface area contributed by atoms with Crippen LogP contribution in [0, 0.1) is 19.7 Å². The number of H-pyrrole nitrogens is 1. The predicted octanol–water partition coefficient (Wildman–Crippen LogP) is 6.22. The third-order valence-electron chi connectivity index (χ3n) is 5.41.